The number of rotatable bonds is 4. The highest BCUT2D eigenvalue weighted by Crippen LogP contribution is 2.09. The van der Waals surface area contributed by atoms with Crippen LogP contribution in [0, 0.1) is 12.8 Å². The van der Waals surface area contributed by atoms with Crippen molar-refractivity contribution in [3.63, 3.8) is 0 Å². The quantitative estimate of drug-likeness (QED) is 0.789. The van der Waals surface area contributed by atoms with Gasteiger partial charge in [0.15, 0.2) is 0 Å². The molecule has 0 aliphatic rings. The predicted octanol–water partition coefficient (Wildman–Crippen LogP) is 1.33. The van der Waals surface area contributed by atoms with Gasteiger partial charge < -0.3 is 14.8 Å². The van der Waals surface area contributed by atoms with Gasteiger partial charge in [0, 0.05) is 12.6 Å². The first kappa shape index (κ1) is 11.8. The van der Waals surface area contributed by atoms with Gasteiger partial charge in [-0.25, -0.2) is 0 Å². The summed E-state index contributed by atoms with van der Waals surface area (Å²) in [6.45, 7) is 5.56. The van der Waals surface area contributed by atoms with Crippen molar-refractivity contribution in [2.24, 2.45) is 5.92 Å². The maximum atomic E-state index is 11.7. The number of amides is 1. The smallest absolute Gasteiger partial charge is 0.255 e. The number of carbonyl (C=O) groups excluding carboxylic acids is 1. The number of carbonyl (C=O) groups is 1. The van der Waals surface area contributed by atoms with Crippen LogP contribution in [-0.4, -0.2) is 23.7 Å². The van der Waals surface area contributed by atoms with Crippen LogP contribution in [0.15, 0.2) is 16.7 Å². The number of aryl methyl sites for hydroxylation is 1. The van der Waals surface area contributed by atoms with Crippen LogP contribution in [0.25, 0.3) is 0 Å². The average Bonchev–Trinajstić information content (AvgIpc) is 2.63. The van der Waals surface area contributed by atoms with Crippen LogP contribution < -0.4 is 5.32 Å². The summed E-state index contributed by atoms with van der Waals surface area (Å²) in [6, 6.07) is 1.58. The first-order chi connectivity index (χ1) is 7.06. The van der Waals surface area contributed by atoms with E-state index >= 15 is 0 Å². The van der Waals surface area contributed by atoms with E-state index in [1.807, 2.05) is 13.8 Å². The molecular formula is C11H17NO3. The molecule has 1 aromatic heterocycles. The monoisotopic (exact) mass is 211 g/mol. The summed E-state index contributed by atoms with van der Waals surface area (Å²) in [5, 5.41) is 11.7. The van der Waals surface area contributed by atoms with E-state index in [1.54, 1.807) is 13.0 Å². The topological polar surface area (TPSA) is 62.5 Å². The van der Waals surface area contributed by atoms with Gasteiger partial charge in [0.2, 0.25) is 0 Å². The Balaban J connectivity index is 2.60. The van der Waals surface area contributed by atoms with Crippen molar-refractivity contribution >= 4 is 5.91 Å². The molecule has 1 rings (SSSR count). The maximum Gasteiger partial charge on any atom is 0.255 e. The minimum Gasteiger partial charge on any atom is -0.469 e. The Morgan fingerprint density at radius 3 is 2.73 bits per heavy atom. The molecule has 2 unspecified atom stereocenters. The van der Waals surface area contributed by atoms with Crippen LogP contribution in [0.4, 0.5) is 0 Å². The van der Waals surface area contributed by atoms with Gasteiger partial charge in [-0.05, 0) is 25.8 Å². The molecule has 1 aromatic rings. The first-order valence-corrected chi connectivity index (χ1v) is 5.02. The molecule has 0 radical (unpaired) electrons. The van der Waals surface area contributed by atoms with Crippen molar-refractivity contribution in [3.8, 4) is 0 Å². The fourth-order valence-electron chi connectivity index (χ4n) is 1.21. The third-order valence-electron chi connectivity index (χ3n) is 2.60. The lowest BCUT2D eigenvalue weighted by atomic mass is 10.0. The van der Waals surface area contributed by atoms with Crippen LogP contribution in [0.5, 0.6) is 0 Å². The molecular weight excluding hydrogens is 194 g/mol. The van der Waals surface area contributed by atoms with Crippen LogP contribution in [0.1, 0.15) is 30.0 Å². The van der Waals surface area contributed by atoms with E-state index in [-0.39, 0.29) is 24.5 Å². The van der Waals surface area contributed by atoms with Crippen LogP contribution in [0.3, 0.4) is 0 Å². The number of hydrogen-bond donors (Lipinski definition) is 2. The predicted molar refractivity (Wildman–Crippen MR) is 56.6 cm³/mol. The summed E-state index contributed by atoms with van der Waals surface area (Å²) >= 11 is 0. The zero-order chi connectivity index (χ0) is 11.4. The number of aliphatic hydroxyl groups is 1. The Bertz CT molecular complexity index is 332. The third-order valence-corrected chi connectivity index (χ3v) is 2.60. The molecule has 2 N–H and O–H groups in total. The Morgan fingerprint density at radius 1 is 1.60 bits per heavy atom. The number of furan rings is 1. The van der Waals surface area contributed by atoms with Crippen molar-refractivity contribution in [2.75, 3.05) is 6.61 Å². The molecule has 0 saturated carbocycles. The number of aliphatic hydroxyl groups excluding tert-OH is 1. The highest BCUT2D eigenvalue weighted by Gasteiger charge is 2.17. The van der Waals surface area contributed by atoms with Gasteiger partial charge in [-0.2, -0.15) is 0 Å². The van der Waals surface area contributed by atoms with Crippen molar-refractivity contribution in [1.82, 2.24) is 5.32 Å². The lowest BCUT2D eigenvalue weighted by Crippen LogP contribution is -2.38. The maximum absolute atomic E-state index is 11.7. The first-order valence-electron chi connectivity index (χ1n) is 5.02. The summed E-state index contributed by atoms with van der Waals surface area (Å²) in [5.41, 5.74) is 0.548. The second-order valence-corrected chi connectivity index (χ2v) is 3.81. The fourth-order valence-corrected chi connectivity index (χ4v) is 1.21. The van der Waals surface area contributed by atoms with Crippen molar-refractivity contribution < 1.29 is 14.3 Å². The van der Waals surface area contributed by atoms with Crippen LogP contribution in [-0.2, 0) is 0 Å². The Kier molecular flexibility index (Phi) is 3.91. The van der Waals surface area contributed by atoms with Gasteiger partial charge in [-0.15, -0.1) is 0 Å². The van der Waals surface area contributed by atoms with Crippen LogP contribution in [0.2, 0.25) is 0 Å². The molecule has 0 bridgehead atoms. The lowest BCUT2D eigenvalue weighted by molar-refractivity contribution is 0.0915. The zero-order valence-electron chi connectivity index (χ0n) is 9.28. The molecule has 15 heavy (non-hydrogen) atoms. The van der Waals surface area contributed by atoms with Crippen molar-refractivity contribution in [1.29, 1.82) is 0 Å². The molecule has 4 heteroatoms. The molecule has 0 spiro atoms. The third kappa shape index (κ3) is 2.83. The Hall–Kier alpha value is -1.29. The standard InChI is InChI=1S/C11H17NO3/c1-7(6-13)8(2)12-11(14)10-4-5-15-9(10)3/h4-5,7-8,13H,6H2,1-3H3,(H,12,14). The number of nitrogens with one attached hydrogen (secondary N) is 1. The van der Waals surface area contributed by atoms with Gasteiger partial charge in [0.05, 0.1) is 11.8 Å². The highest BCUT2D eigenvalue weighted by atomic mass is 16.3. The summed E-state index contributed by atoms with van der Waals surface area (Å²) in [4.78, 5) is 11.7. The van der Waals surface area contributed by atoms with Gasteiger partial charge >= 0.3 is 0 Å². The molecule has 0 saturated heterocycles. The van der Waals surface area contributed by atoms with E-state index in [2.05, 4.69) is 5.32 Å². The number of hydrogen-bond acceptors (Lipinski definition) is 3. The van der Waals surface area contributed by atoms with E-state index in [4.69, 9.17) is 9.52 Å². The normalized spacial score (nSPS) is 14.7. The molecule has 0 aliphatic carbocycles. The molecule has 0 fully saturated rings. The highest BCUT2D eigenvalue weighted by molar-refractivity contribution is 5.95. The molecule has 1 amide bonds. The van der Waals surface area contributed by atoms with E-state index in [9.17, 15) is 4.79 Å². The van der Waals surface area contributed by atoms with E-state index in [0.717, 1.165) is 0 Å². The minimum atomic E-state index is -0.158. The fraction of sp³-hybridized carbons (Fsp3) is 0.545. The molecule has 0 aromatic carbocycles. The van der Waals surface area contributed by atoms with E-state index < -0.39 is 0 Å². The Labute approximate surface area is 89.3 Å². The zero-order valence-corrected chi connectivity index (χ0v) is 9.28. The second kappa shape index (κ2) is 4.98. The SMILES string of the molecule is Cc1occc1C(=O)NC(C)C(C)CO. The van der Waals surface area contributed by atoms with Gasteiger partial charge in [0.25, 0.3) is 5.91 Å². The van der Waals surface area contributed by atoms with Crippen molar-refractivity contribution in [3.05, 3.63) is 23.7 Å². The van der Waals surface area contributed by atoms with Crippen molar-refractivity contribution in [2.45, 2.75) is 26.8 Å². The molecule has 0 aliphatic heterocycles. The summed E-state index contributed by atoms with van der Waals surface area (Å²) < 4.78 is 5.04. The van der Waals surface area contributed by atoms with Gasteiger partial charge in [-0.1, -0.05) is 6.92 Å². The Morgan fingerprint density at radius 2 is 2.27 bits per heavy atom. The minimum absolute atomic E-state index is 0.0427. The molecule has 1 heterocycles. The average molecular weight is 211 g/mol. The van der Waals surface area contributed by atoms with Crippen LogP contribution >= 0.6 is 0 Å². The molecule has 84 valence electrons. The summed E-state index contributed by atoms with van der Waals surface area (Å²) in [5.74, 6) is 0.492. The molecule has 4 nitrogen and oxygen atoms in total. The summed E-state index contributed by atoms with van der Waals surface area (Å²) in [6.07, 6.45) is 1.49. The van der Waals surface area contributed by atoms with Gasteiger partial charge in [-0.3, -0.25) is 4.79 Å². The van der Waals surface area contributed by atoms with E-state index in [1.165, 1.54) is 6.26 Å². The lowest BCUT2D eigenvalue weighted by Gasteiger charge is -2.18. The molecule has 2 atom stereocenters. The second-order valence-electron chi connectivity index (χ2n) is 3.81. The summed E-state index contributed by atoms with van der Waals surface area (Å²) in [7, 11) is 0. The van der Waals surface area contributed by atoms with E-state index in [0.29, 0.717) is 11.3 Å². The van der Waals surface area contributed by atoms with Gasteiger partial charge in [0.1, 0.15) is 5.76 Å². The largest absolute Gasteiger partial charge is 0.469 e.